The smallest absolute Gasteiger partial charge is 0.322 e. The number of hydrogen-bond acceptors (Lipinski definition) is 6. The predicted octanol–water partition coefficient (Wildman–Crippen LogP) is 1.52. The predicted molar refractivity (Wildman–Crippen MR) is 71.0 cm³/mol. The lowest BCUT2D eigenvalue weighted by molar-refractivity contribution is 0.0482. The zero-order valence-electron chi connectivity index (χ0n) is 10.8. The third kappa shape index (κ3) is 3.23. The van der Waals surface area contributed by atoms with Crippen LogP contribution < -0.4 is 4.74 Å². The molecular weight excluding hydrogens is 282 g/mol. The standard InChI is InChI=1S/C12H14ClN5O2/c13-10-15-11(18-5-1-4-14-18)17-12(16-10)20-8-9-2-6-19-7-3-9/h1,4-5,9H,2-3,6-8H2. The van der Waals surface area contributed by atoms with Crippen molar-refractivity contribution in [1.29, 1.82) is 0 Å². The van der Waals surface area contributed by atoms with Crippen LogP contribution >= 0.6 is 11.6 Å². The first-order valence-corrected chi connectivity index (χ1v) is 6.81. The van der Waals surface area contributed by atoms with Crippen molar-refractivity contribution < 1.29 is 9.47 Å². The van der Waals surface area contributed by atoms with Crippen molar-refractivity contribution in [3.05, 3.63) is 23.7 Å². The molecule has 1 aliphatic rings. The average Bonchev–Trinajstić information content (AvgIpc) is 3.00. The van der Waals surface area contributed by atoms with Gasteiger partial charge in [0.15, 0.2) is 0 Å². The Bertz CT molecular complexity index is 557. The fourth-order valence-electron chi connectivity index (χ4n) is 1.98. The van der Waals surface area contributed by atoms with Gasteiger partial charge >= 0.3 is 6.01 Å². The number of halogens is 1. The van der Waals surface area contributed by atoms with Gasteiger partial charge in [0.25, 0.3) is 5.95 Å². The van der Waals surface area contributed by atoms with E-state index in [0.29, 0.717) is 18.5 Å². The second-order valence-corrected chi connectivity index (χ2v) is 4.84. The van der Waals surface area contributed by atoms with Crippen LogP contribution in [-0.4, -0.2) is 44.6 Å². The summed E-state index contributed by atoms with van der Waals surface area (Å²) in [4.78, 5) is 12.2. The fourth-order valence-corrected chi connectivity index (χ4v) is 2.13. The highest BCUT2D eigenvalue weighted by molar-refractivity contribution is 6.28. The van der Waals surface area contributed by atoms with Gasteiger partial charge in [-0.25, -0.2) is 4.68 Å². The largest absolute Gasteiger partial charge is 0.463 e. The maximum Gasteiger partial charge on any atom is 0.322 e. The molecule has 2 aromatic rings. The molecule has 0 bridgehead atoms. The van der Waals surface area contributed by atoms with Gasteiger partial charge in [-0.3, -0.25) is 0 Å². The SMILES string of the molecule is Clc1nc(OCC2CCOCC2)nc(-n2cccn2)n1. The van der Waals surface area contributed by atoms with E-state index >= 15 is 0 Å². The van der Waals surface area contributed by atoms with E-state index in [9.17, 15) is 0 Å². The zero-order chi connectivity index (χ0) is 13.8. The first-order chi connectivity index (χ1) is 9.81. The van der Waals surface area contributed by atoms with Gasteiger partial charge in [0.05, 0.1) is 6.61 Å². The Balaban J connectivity index is 1.69. The first-order valence-electron chi connectivity index (χ1n) is 6.43. The quantitative estimate of drug-likeness (QED) is 0.851. The average molecular weight is 296 g/mol. The van der Waals surface area contributed by atoms with E-state index in [1.54, 1.807) is 18.5 Å². The summed E-state index contributed by atoms with van der Waals surface area (Å²) in [6.45, 7) is 2.12. The number of aromatic nitrogens is 5. The van der Waals surface area contributed by atoms with Crippen LogP contribution in [0, 0.1) is 5.92 Å². The van der Waals surface area contributed by atoms with Gasteiger partial charge in [-0.1, -0.05) is 0 Å². The molecule has 1 fully saturated rings. The molecule has 0 saturated carbocycles. The Morgan fingerprint density at radius 2 is 2.15 bits per heavy atom. The van der Waals surface area contributed by atoms with Crippen LogP contribution in [0.2, 0.25) is 5.28 Å². The van der Waals surface area contributed by atoms with Gasteiger partial charge in [-0.2, -0.15) is 20.1 Å². The number of nitrogens with zero attached hydrogens (tertiary/aromatic N) is 5. The Hall–Kier alpha value is -1.73. The molecule has 2 aromatic heterocycles. The summed E-state index contributed by atoms with van der Waals surface area (Å²) in [5.41, 5.74) is 0. The van der Waals surface area contributed by atoms with E-state index in [2.05, 4.69) is 20.1 Å². The van der Waals surface area contributed by atoms with Gasteiger partial charge in [0.1, 0.15) is 0 Å². The van der Waals surface area contributed by atoms with Crippen molar-refractivity contribution in [2.45, 2.75) is 12.8 Å². The van der Waals surface area contributed by atoms with Crippen LogP contribution in [0.3, 0.4) is 0 Å². The van der Waals surface area contributed by atoms with Crippen molar-refractivity contribution in [2.75, 3.05) is 19.8 Å². The molecule has 20 heavy (non-hydrogen) atoms. The summed E-state index contributed by atoms with van der Waals surface area (Å²) in [7, 11) is 0. The Morgan fingerprint density at radius 3 is 2.90 bits per heavy atom. The molecule has 0 aliphatic carbocycles. The molecule has 1 aliphatic heterocycles. The van der Waals surface area contributed by atoms with Crippen molar-refractivity contribution in [1.82, 2.24) is 24.7 Å². The first kappa shape index (κ1) is 13.3. The van der Waals surface area contributed by atoms with Gasteiger partial charge in [0, 0.05) is 25.6 Å². The lowest BCUT2D eigenvalue weighted by atomic mass is 10.0. The molecule has 0 unspecified atom stereocenters. The number of ether oxygens (including phenoxy) is 2. The van der Waals surface area contributed by atoms with Crippen LogP contribution in [0.4, 0.5) is 0 Å². The van der Waals surface area contributed by atoms with Gasteiger partial charge in [0.2, 0.25) is 5.28 Å². The lowest BCUT2D eigenvalue weighted by Gasteiger charge is -2.21. The molecule has 3 heterocycles. The summed E-state index contributed by atoms with van der Waals surface area (Å²) in [6.07, 6.45) is 5.35. The van der Waals surface area contributed by atoms with Gasteiger partial charge in [-0.15, -0.1) is 0 Å². The van der Waals surface area contributed by atoms with Crippen molar-refractivity contribution >= 4 is 11.6 Å². The maximum absolute atomic E-state index is 5.89. The van der Waals surface area contributed by atoms with E-state index in [0.717, 1.165) is 26.1 Å². The Kier molecular flexibility index (Phi) is 4.08. The molecule has 0 aromatic carbocycles. The van der Waals surface area contributed by atoms with Crippen LogP contribution in [0.25, 0.3) is 5.95 Å². The normalized spacial score (nSPS) is 16.2. The number of hydrogen-bond donors (Lipinski definition) is 0. The third-order valence-corrected chi connectivity index (χ3v) is 3.24. The summed E-state index contributed by atoms with van der Waals surface area (Å²) in [6, 6.07) is 2.00. The molecule has 106 valence electrons. The van der Waals surface area contributed by atoms with E-state index in [1.807, 2.05) is 0 Å². The van der Waals surface area contributed by atoms with Gasteiger partial charge < -0.3 is 9.47 Å². The zero-order valence-corrected chi connectivity index (χ0v) is 11.5. The second kappa shape index (κ2) is 6.15. The van der Waals surface area contributed by atoms with Gasteiger partial charge in [-0.05, 0) is 36.4 Å². The van der Waals surface area contributed by atoms with Crippen LogP contribution in [-0.2, 0) is 4.74 Å². The van der Waals surface area contributed by atoms with E-state index < -0.39 is 0 Å². The highest BCUT2D eigenvalue weighted by Crippen LogP contribution is 2.17. The lowest BCUT2D eigenvalue weighted by Crippen LogP contribution is -2.22. The molecule has 0 amide bonds. The molecule has 0 spiro atoms. The van der Waals surface area contributed by atoms with E-state index in [4.69, 9.17) is 21.1 Å². The Morgan fingerprint density at radius 1 is 1.30 bits per heavy atom. The minimum absolute atomic E-state index is 0.0903. The molecule has 1 saturated heterocycles. The van der Waals surface area contributed by atoms with Crippen molar-refractivity contribution in [3.8, 4) is 12.0 Å². The van der Waals surface area contributed by atoms with Crippen LogP contribution in [0.1, 0.15) is 12.8 Å². The Labute approximate surface area is 120 Å². The monoisotopic (exact) mass is 295 g/mol. The highest BCUT2D eigenvalue weighted by Gasteiger charge is 2.16. The third-order valence-electron chi connectivity index (χ3n) is 3.07. The van der Waals surface area contributed by atoms with E-state index in [-0.39, 0.29) is 11.3 Å². The molecular formula is C12H14ClN5O2. The highest BCUT2D eigenvalue weighted by atomic mass is 35.5. The minimum Gasteiger partial charge on any atom is -0.463 e. The number of rotatable bonds is 4. The maximum atomic E-state index is 5.89. The molecule has 3 rings (SSSR count). The minimum atomic E-state index is 0.0903. The summed E-state index contributed by atoms with van der Waals surface area (Å²) in [5, 5.41) is 4.14. The van der Waals surface area contributed by atoms with Crippen molar-refractivity contribution in [3.63, 3.8) is 0 Å². The summed E-state index contributed by atoms with van der Waals surface area (Å²) >= 11 is 5.89. The van der Waals surface area contributed by atoms with E-state index in [1.165, 1.54) is 4.68 Å². The molecule has 0 atom stereocenters. The molecule has 0 radical (unpaired) electrons. The molecule has 8 heteroatoms. The summed E-state index contributed by atoms with van der Waals surface area (Å²) < 4.78 is 12.4. The summed E-state index contributed by atoms with van der Waals surface area (Å²) in [5.74, 6) is 0.810. The second-order valence-electron chi connectivity index (χ2n) is 4.50. The van der Waals surface area contributed by atoms with Crippen molar-refractivity contribution in [2.24, 2.45) is 5.92 Å². The molecule has 0 N–H and O–H groups in total. The fraction of sp³-hybridized carbons (Fsp3) is 0.500. The molecule has 7 nitrogen and oxygen atoms in total. The van der Waals surface area contributed by atoms with Crippen LogP contribution in [0.15, 0.2) is 18.5 Å². The van der Waals surface area contributed by atoms with Crippen LogP contribution in [0.5, 0.6) is 6.01 Å². The topological polar surface area (TPSA) is 75.0 Å².